The molecule has 3 rings (SSSR count). The van der Waals surface area contributed by atoms with Gasteiger partial charge in [0.05, 0.1) is 11.0 Å². The molecule has 0 aliphatic heterocycles. The number of hydrogen-bond acceptors (Lipinski definition) is 3. The van der Waals surface area contributed by atoms with Crippen LogP contribution < -0.4 is 10.6 Å². The van der Waals surface area contributed by atoms with Crippen LogP contribution in [0.15, 0.2) is 24.3 Å². The van der Waals surface area contributed by atoms with E-state index in [4.69, 9.17) is 0 Å². The van der Waals surface area contributed by atoms with Gasteiger partial charge in [-0.2, -0.15) is 0 Å². The number of hydrogen-bond donors (Lipinski definition) is 2. The third-order valence-corrected chi connectivity index (χ3v) is 3.43. The van der Waals surface area contributed by atoms with E-state index < -0.39 is 0 Å². The maximum Gasteiger partial charge on any atom is 0.203 e. The fourth-order valence-electron chi connectivity index (χ4n) is 2.19. The van der Waals surface area contributed by atoms with Crippen molar-refractivity contribution in [1.82, 2.24) is 14.9 Å². The summed E-state index contributed by atoms with van der Waals surface area (Å²) in [5.41, 5.74) is 2.23. The zero-order valence-corrected chi connectivity index (χ0v) is 10.8. The highest BCUT2D eigenvalue weighted by atomic mass is 15.2. The maximum absolute atomic E-state index is 4.59. The van der Waals surface area contributed by atoms with E-state index in [1.54, 1.807) is 0 Å². The number of rotatable bonds is 6. The predicted octanol–water partition coefficient (Wildman–Crippen LogP) is 2.13. The first-order valence-electron chi connectivity index (χ1n) is 6.73. The lowest BCUT2D eigenvalue weighted by Crippen LogP contribution is -2.20. The Morgan fingerprint density at radius 1 is 1.28 bits per heavy atom. The van der Waals surface area contributed by atoms with E-state index in [9.17, 15) is 0 Å². The molecule has 0 atom stereocenters. The molecule has 4 nitrogen and oxygen atoms in total. The van der Waals surface area contributed by atoms with E-state index in [1.165, 1.54) is 18.4 Å². The Morgan fingerprint density at radius 2 is 2.11 bits per heavy atom. The third-order valence-electron chi connectivity index (χ3n) is 3.43. The van der Waals surface area contributed by atoms with Crippen LogP contribution in [-0.2, 0) is 7.05 Å². The number of benzene rings is 1. The van der Waals surface area contributed by atoms with Crippen LogP contribution in [0.2, 0.25) is 0 Å². The summed E-state index contributed by atoms with van der Waals surface area (Å²) in [6.45, 7) is 2.07. The molecule has 1 aromatic carbocycles. The van der Waals surface area contributed by atoms with E-state index in [0.717, 1.165) is 37.0 Å². The maximum atomic E-state index is 4.59. The molecule has 18 heavy (non-hydrogen) atoms. The molecule has 0 unspecified atom stereocenters. The van der Waals surface area contributed by atoms with Crippen LogP contribution in [0.5, 0.6) is 0 Å². The predicted molar refractivity (Wildman–Crippen MR) is 74.8 cm³/mol. The summed E-state index contributed by atoms with van der Waals surface area (Å²) in [5, 5.41) is 6.93. The summed E-state index contributed by atoms with van der Waals surface area (Å²) in [7, 11) is 2.06. The molecule has 1 aliphatic rings. The highest BCUT2D eigenvalue weighted by Gasteiger charge is 2.19. The summed E-state index contributed by atoms with van der Waals surface area (Å²) < 4.78 is 2.11. The van der Waals surface area contributed by atoms with Gasteiger partial charge in [-0.15, -0.1) is 0 Å². The molecule has 1 heterocycles. The van der Waals surface area contributed by atoms with Crippen molar-refractivity contribution in [3.05, 3.63) is 24.3 Å². The Labute approximate surface area is 107 Å². The van der Waals surface area contributed by atoms with Gasteiger partial charge in [-0.3, -0.25) is 0 Å². The summed E-state index contributed by atoms with van der Waals surface area (Å²) in [5.74, 6) is 0.961. The normalized spacial score (nSPS) is 15.2. The highest BCUT2D eigenvalue weighted by Crippen LogP contribution is 2.18. The molecule has 1 aromatic heterocycles. The van der Waals surface area contributed by atoms with Crippen molar-refractivity contribution in [1.29, 1.82) is 0 Å². The van der Waals surface area contributed by atoms with Crippen LogP contribution >= 0.6 is 0 Å². The Balaban J connectivity index is 1.54. The van der Waals surface area contributed by atoms with Crippen molar-refractivity contribution < 1.29 is 0 Å². The average Bonchev–Trinajstić information content (AvgIpc) is 3.16. The summed E-state index contributed by atoms with van der Waals surface area (Å²) in [6.07, 6.45) is 3.86. The van der Waals surface area contributed by atoms with Crippen LogP contribution in [0.25, 0.3) is 11.0 Å². The fraction of sp³-hybridized carbons (Fsp3) is 0.500. The molecule has 0 saturated heterocycles. The minimum Gasteiger partial charge on any atom is -0.356 e. The Hall–Kier alpha value is -1.55. The molecule has 0 spiro atoms. The van der Waals surface area contributed by atoms with Crippen molar-refractivity contribution in [3.63, 3.8) is 0 Å². The third kappa shape index (κ3) is 2.48. The Bertz CT molecular complexity index is 528. The largest absolute Gasteiger partial charge is 0.356 e. The second kappa shape index (κ2) is 4.98. The molecule has 96 valence electrons. The van der Waals surface area contributed by atoms with Crippen molar-refractivity contribution >= 4 is 17.0 Å². The van der Waals surface area contributed by atoms with Gasteiger partial charge < -0.3 is 15.2 Å². The topological polar surface area (TPSA) is 41.9 Å². The van der Waals surface area contributed by atoms with Crippen LogP contribution in [0.1, 0.15) is 19.3 Å². The second-order valence-corrected chi connectivity index (χ2v) is 4.99. The summed E-state index contributed by atoms with van der Waals surface area (Å²) in [4.78, 5) is 4.59. The highest BCUT2D eigenvalue weighted by molar-refractivity contribution is 5.78. The van der Waals surface area contributed by atoms with Gasteiger partial charge in [-0.05, 0) is 37.9 Å². The van der Waals surface area contributed by atoms with Crippen LogP contribution in [0, 0.1) is 0 Å². The van der Waals surface area contributed by atoms with Crippen molar-refractivity contribution in [2.24, 2.45) is 7.05 Å². The van der Waals surface area contributed by atoms with Crippen LogP contribution in [-0.4, -0.2) is 28.7 Å². The van der Waals surface area contributed by atoms with Crippen LogP contribution in [0.4, 0.5) is 5.95 Å². The smallest absolute Gasteiger partial charge is 0.203 e. The molecule has 2 aromatic rings. The minimum atomic E-state index is 0.806. The monoisotopic (exact) mass is 244 g/mol. The van der Waals surface area contributed by atoms with Gasteiger partial charge in [0.25, 0.3) is 0 Å². The van der Waals surface area contributed by atoms with Gasteiger partial charge >= 0.3 is 0 Å². The number of nitrogens with zero attached hydrogens (tertiary/aromatic N) is 2. The van der Waals surface area contributed by atoms with E-state index >= 15 is 0 Å². The van der Waals surface area contributed by atoms with Gasteiger partial charge in [0.15, 0.2) is 0 Å². The average molecular weight is 244 g/mol. The van der Waals surface area contributed by atoms with E-state index in [2.05, 4.69) is 39.4 Å². The zero-order chi connectivity index (χ0) is 12.4. The van der Waals surface area contributed by atoms with E-state index in [-0.39, 0.29) is 0 Å². The lowest BCUT2D eigenvalue weighted by molar-refractivity contribution is 0.657. The van der Waals surface area contributed by atoms with E-state index in [1.807, 2.05) is 12.1 Å². The summed E-state index contributed by atoms with van der Waals surface area (Å²) in [6, 6.07) is 9.03. The number of anilines is 1. The Morgan fingerprint density at radius 3 is 2.89 bits per heavy atom. The van der Waals surface area contributed by atoms with Gasteiger partial charge in [-0.25, -0.2) is 4.98 Å². The molecule has 0 bridgehead atoms. The number of fused-ring (bicyclic) bond motifs is 1. The van der Waals surface area contributed by atoms with Crippen molar-refractivity contribution in [2.75, 3.05) is 18.4 Å². The molecule has 1 fully saturated rings. The van der Waals surface area contributed by atoms with Crippen molar-refractivity contribution in [3.8, 4) is 0 Å². The molecule has 0 amide bonds. The number of nitrogens with one attached hydrogen (secondary N) is 2. The summed E-state index contributed by atoms with van der Waals surface area (Å²) >= 11 is 0. The number of aromatic nitrogens is 2. The molecule has 1 saturated carbocycles. The van der Waals surface area contributed by atoms with Crippen LogP contribution in [0.3, 0.4) is 0 Å². The van der Waals surface area contributed by atoms with Crippen molar-refractivity contribution in [2.45, 2.75) is 25.3 Å². The quantitative estimate of drug-likeness (QED) is 0.765. The lowest BCUT2D eigenvalue weighted by Gasteiger charge is -2.06. The van der Waals surface area contributed by atoms with Gasteiger partial charge in [0.2, 0.25) is 5.95 Å². The number of para-hydroxylation sites is 2. The second-order valence-electron chi connectivity index (χ2n) is 4.99. The number of aryl methyl sites for hydroxylation is 1. The zero-order valence-electron chi connectivity index (χ0n) is 10.8. The molecule has 0 radical (unpaired) electrons. The number of imidazole rings is 1. The first-order valence-corrected chi connectivity index (χ1v) is 6.73. The van der Waals surface area contributed by atoms with E-state index in [0.29, 0.717) is 0 Å². The molecule has 4 heteroatoms. The fourth-order valence-corrected chi connectivity index (χ4v) is 2.19. The molecular formula is C14H20N4. The Kier molecular flexibility index (Phi) is 3.19. The molecule has 1 aliphatic carbocycles. The van der Waals surface area contributed by atoms with Gasteiger partial charge in [0.1, 0.15) is 0 Å². The molecule has 2 N–H and O–H groups in total. The minimum absolute atomic E-state index is 0.806. The van der Waals surface area contributed by atoms with Gasteiger partial charge in [-0.1, -0.05) is 12.1 Å². The SMILES string of the molecule is Cn1c(NCCCNC2CC2)nc2ccccc21. The standard InChI is InChI=1S/C14H20N4/c1-18-13-6-3-2-5-12(13)17-14(18)16-10-4-9-15-11-7-8-11/h2-3,5-6,11,15H,4,7-10H2,1H3,(H,16,17). The first kappa shape index (κ1) is 11.5. The van der Waals surface area contributed by atoms with Gasteiger partial charge in [0, 0.05) is 19.6 Å². The lowest BCUT2D eigenvalue weighted by atomic mass is 10.3. The molecular weight excluding hydrogens is 224 g/mol. The first-order chi connectivity index (χ1) is 8.84.